The van der Waals surface area contributed by atoms with Crippen LogP contribution in [0.5, 0.6) is 0 Å². The van der Waals surface area contributed by atoms with Crippen molar-refractivity contribution >= 4 is 13.3 Å². The van der Waals surface area contributed by atoms with E-state index in [9.17, 15) is 0 Å². The molecule has 0 amide bonds. The molecule has 19 heavy (non-hydrogen) atoms. The number of hydrogen-bond acceptors (Lipinski definition) is 2. The molecule has 0 saturated carbocycles. The Morgan fingerprint density at radius 3 is 2.53 bits per heavy atom. The molecule has 1 heterocycles. The van der Waals surface area contributed by atoms with Gasteiger partial charge >= 0.3 is 0 Å². The maximum Gasteiger partial charge on any atom is 0.0775 e. The molecule has 1 fully saturated rings. The van der Waals surface area contributed by atoms with Gasteiger partial charge < -0.3 is 10.1 Å². The summed E-state index contributed by atoms with van der Waals surface area (Å²) in [5, 5.41) is 5.10. The number of hydrogen-bond donors (Lipinski definition) is 1. The van der Waals surface area contributed by atoms with Gasteiger partial charge in [-0.2, -0.15) is 0 Å². The Morgan fingerprint density at radius 1 is 1.21 bits per heavy atom. The fraction of sp³-hybridized carbons (Fsp3) is 0.625. The van der Waals surface area contributed by atoms with Gasteiger partial charge in [-0.15, -0.1) is 0 Å². The highest BCUT2D eigenvalue weighted by Crippen LogP contribution is 2.12. The lowest BCUT2D eigenvalue weighted by atomic mass is 10.0. The van der Waals surface area contributed by atoms with Crippen molar-refractivity contribution in [2.45, 2.75) is 39.0 Å². The Morgan fingerprint density at radius 2 is 1.95 bits per heavy atom. The average molecular weight is 277 g/mol. The number of nitrogens with one attached hydrogen (secondary N) is 1. The lowest BCUT2D eigenvalue weighted by Gasteiger charge is -2.22. The second-order valence-corrected chi connectivity index (χ2v) is 11.7. The quantitative estimate of drug-likeness (QED) is 0.836. The zero-order valence-corrected chi connectivity index (χ0v) is 13.5. The van der Waals surface area contributed by atoms with Crippen LogP contribution in [0.3, 0.4) is 0 Å². The molecule has 3 heteroatoms. The summed E-state index contributed by atoms with van der Waals surface area (Å²) in [7, 11) is -1.15. The van der Waals surface area contributed by atoms with Gasteiger partial charge in [-0.3, -0.25) is 0 Å². The molecular formula is C16H27NOSi. The third kappa shape index (κ3) is 4.75. The van der Waals surface area contributed by atoms with Gasteiger partial charge in [0, 0.05) is 19.7 Å². The summed E-state index contributed by atoms with van der Waals surface area (Å²) in [6.07, 6.45) is 2.53. The van der Waals surface area contributed by atoms with Gasteiger partial charge in [0.15, 0.2) is 0 Å². The van der Waals surface area contributed by atoms with Crippen LogP contribution in [0.1, 0.15) is 18.4 Å². The SMILES string of the molecule is C[Si](C)(C)c1ccc(CNCC2CCCOC2)cc1. The number of rotatable bonds is 5. The molecule has 0 aliphatic carbocycles. The van der Waals surface area contributed by atoms with Gasteiger partial charge in [0.1, 0.15) is 0 Å². The summed E-state index contributed by atoms with van der Waals surface area (Å²) in [4.78, 5) is 0. The van der Waals surface area contributed by atoms with Crippen molar-refractivity contribution in [3.8, 4) is 0 Å². The molecule has 1 aliphatic heterocycles. The minimum absolute atomic E-state index is 0.704. The molecule has 1 aliphatic rings. The van der Waals surface area contributed by atoms with Crippen molar-refractivity contribution in [2.75, 3.05) is 19.8 Å². The predicted octanol–water partition coefficient (Wildman–Crippen LogP) is 2.75. The summed E-state index contributed by atoms with van der Waals surface area (Å²) < 4.78 is 5.50. The third-order valence-corrected chi connectivity index (χ3v) is 5.90. The van der Waals surface area contributed by atoms with Crippen LogP contribution in [0.4, 0.5) is 0 Å². The molecule has 0 spiro atoms. The topological polar surface area (TPSA) is 21.3 Å². The lowest BCUT2D eigenvalue weighted by Crippen LogP contribution is -2.37. The van der Waals surface area contributed by atoms with Crippen LogP contribution in [0.15, 0.2) is 24.3 Å². The summed E-state index contributed by atoms with van der Waals surface area (Å²) in [5.74, 6) is 0.704. The normalized spacial score (nSPS) is 20.5. The maximum atomic E-state index is 5.50. The Hall–Kier alpha value is -0.643. The van der Waals surface area contributed by atoms with Gasteiger partial charge in [-0.25, -0.2) is 0 Å². The summed E-state index contributed by atoms with van der Waals surface area (Å²) in [5.41, 5.74) is 1.39. The van der Waals surface area contributed by atoms with Crippen LogP contribution in [-0.4, -0.2) is 27.8 Å². The summed E-state index contributed by atoms with van der Waals surface area (Å²) in [6.45, 7) is 11.1. The van der Waals surface area contributed by atoms with Crippen LogP contribution in [0, 0.1) is 5.92 Å². The highest BCUT2D eigenvalue weighted by atomic mass is 28.3. The zero-order valence-electron chi connectivity index (χ0n) is 12.5. The van der Waals surface area contributed by atoms with Crippen LogP contribution in [0.25, 0.3) is 0 Å². The molecule has 2 nitrogen and oxygen atoms in total. The Kier molecular flexibility index (Phi) is 5.19. The van der Waals surface area contributed by atoms with Crippen molar-refractivity contribution in [2.24, 2.45) is 5.92 Å². The molecule has 1 saturated heterocycles. The van der Waals surface area contributed by atoms with Crippen molar-refractivity contribution in [3.05, 3.63) is 29.8 Å². The minimum Gasteiger partial charge on any atom is -0.381 e. The first kappa shape index (κ1) is 14.8. The number of ether oxygens (including phenoxy) is 1. The van der Waals surface area contributed by atoms with E-state index in [4.69, 9.17) is 4.74 Å². The highest BCUT2D eigenvalue weighted by molar-refractivity contribution is 6.88. The van der Waals surface area contributed by atoms with E-state index in [1.54, 1.807) is 0 Å². The van der Waals surface area contributed by atoms with E-state index in [0.717, 1.165) is 26.3 Å². The minimum atomic E-state index is -1.15. The molecule has 1 atom stereocenters. The van der Waals surface area contributed by atoms with Crippen LogP contribution < -0.4 is 10.5 Å². The Labute approximate surface area is 118 Å². The van der Waals surface area contributed by atoms with Crippen molar-refractivity contribution in [3.63, 3.8) is 0 Å². The second kappa shape index (κ2) is 6.68. The fourth-order valence-electron chi connectivity index (χ4n) is 2.51. The molecular weight excluding hydrogens is 250 g/mol. The lowest BCUT2D eigenvalue weighted by molar-refractivity contribution is 0.0547. The first-order valence-electron chi connectivity index (χ1n) is 7.43. The fourth-order valence-corrected chi connectivity index (χ4v) is 3.68. The van der Waals surface area contributed by atoms with E-state index in [1.165, 1.54) is 23.6 Å². The smallest absolute Gasteiger partial charge is 0.0775 e. The van der Waals surface area contributed by atoms with Gasteiger partial charge in [-0.1, -0.05) is 49.1 Å². The Bertz CT molecular complexity index is 377. The van der Waals surface area contributed by atoms with Gasteiger partial charge in [0.05, 0.1) is 14.7 Å². The first-order chi connectivity index (χ1) is 9.05. The van der Waals surface area contributed by atoms with Crippen LogP contribution >= 0.6 is 0 Å². The molecule has 1 unspecified atom stereocenters. The molecule has 1 aromatic carbocycles. The molecule has 106 valence electrons. The third-order valence-electron chi connectivity index (χ3n) is 3.84. The van der Waals surface area contributed by atoms with E-state index < -0.39 is 8.07 Å². The number of benzene rings is 1. The van der Waals surface area contributed by atoms with E-state index in [0.29, 0.717) is 5.92 Å². The monoisotopic (exact) mass is 277 g/mol. The van der Waals surface area contributed by atoms with E-state index >= 15 is 0 Å². The molecule has 1 aromatic rings. The summed E-state index contributed by atoms with van der Waals surface area (Å²) in [6, 6.07) is 9.18. The summed E-state index contributed by atoms with van der Waals surface area (Å²) >= 11 is 0. The maximum absolute atomic E-state index is 5.50. The Balaban J connectivity index is 1.76. The second-order valence-electron chi connectivity index (χ2n) is 6.66. The van der Waals surface area contributed by atoms with E-state index in [-0.39, 0.29) is 0 Å². The molecule has 2 rings (SSSR count). The van der Waals surface area contributed by atoms with Crippen molar-refractivity contribution < 1.29 is 4.74 Å². The van der Waals surface area contributed by atoms with E-state index in [2.05, 4.69) is 49.2 Å². The zero-order chi connectivity index (χ0) is 13.7. The molecule has 1 N–H and O–H groups in total. The largest absolute Gasteiger partial charge is 0.381 e. The van der Waals surface area contributed by atoms with Gasteiger partial charge in [0.2, 0.25) is 0 Å². The standard InChI is InChI=1S/C16H27NOSi/c1-19(2,3)16-8-6-14(7-9-16)11-17-12-15-5-4-10-18-13-15/h6-9,15,17H,4-5,10-13H2,1-3H3. The van der Waals surface area contributed by atoms with Gasteiger partial charge in [0.25, 0.3) is 0 Å². The average Bonchev–Trinajstić information content (AvgIpc) is 2.39. The molecule has 0 bridgehead atoms. The molecule has 0 aromatic heterocycles. The molecule has 0 radical (unpaired) electrons. The van der Waals surface area contributed by atoms with E-state index in [1.807, 2.05) is 0 Å². The predicted molar refractivity (Wildman–Crippen MR) is 84.7 cm³/mol. The van der Waals surface area contributed by atoms with Gasteiger partial charge in [-0.05, 0) is 24.3 Å². The highest BCUT2D eigenvalue weighted by Gasteiger charge is 2.16. The first-order valence-corrected chi connectivity index (χ1v) is 10.9. The van der Waals surface area contributed by atoms with Crippen LogP contribution in [-0.2, 0) is 11.3 Å². The van der Waals surface area contributed by atoms with Crippen molar-refractivity contribution in [1.29, 1.82) is 0 Å². The van der Waals surface area contributed by atoms with Crippen LogP contribution in [0.2, 0.25) is 19.6 Å². The van der Waals surface area contributed by atoms with Crippen molar-refractivity contribution in [1.82, 2.24) is 5.32 Å².